The Bertz CT molecular complexity index is 1760. The Hall–Kier alpha value is -2.05. The van der Waals surface area contributed by atoms with E-state index in [0.717, 1.165) is 44.9 Å². The Morgan fingerprint density at radius 1 is 0.372 bits per heavy atom. The maximum atomic E-state index is 13.4. The molecule has 0 aliphatic carbocycles. The van der Waals surface area contributed by atoms with Crippen LogP contribution < -0.4 is 5.32 Å². The van der Waals surface area contributed by atoms with E-state index >= 15 is 0 Å². The highest BCUT2D eigenvalue weighted by atomic mass is 16.7. The summed E-state index contributed by atoms with van der Waals surface area (Å²) in [7, 11) is 0. The summed E-state index contributed by atoms with van der Waals surface area (Å²) in [5.41, 5.74) is 0. The number of unbranched alkanes of at least 4 members (excludes halogenated alkanes) is 48. The van der Waals surface area contributed by atoms with Crippen LogP contribution in [0, 0.1) is 0 Å². The molecule has 0 radical (unpaired) electrons. The zero-order valence-electron chi connectivity index (χ0n) is 60.5. The Kier molecular flexibility index (Phi) is 60.3. The van der Waals surface area contributed by atoms with Crippen LogP contribution in [0.1, 0.15) is 361 Å². The van der Waals surface area contributed by atoms with Crippen molar-refractivity contribution in [2.24, 2.45) is 0 Å². The number of aliphatic hydroxyl groups is 8. The number of hydrogen-bond donors (Lipinski definition) is 9. The second kappa shape index (κ2) is 64.3. The maximum absolute atomic E-state index is 13.4. The summed E-state index contributed by atoms with van der Waals surface area (Å²) in [6, 6.07) is -0.940. The minimum absolute atomic E-state index is 0.247. The molecule has 94 heavy (non-hydrogen) atoms. The number of carbonyl (C=O) groups excluding carboxylic acids is 1. The van der Waals surface area contributed by atoms with Gasteiger partial charge in [0.1, 0.15) is 48.8 Å². The van der Waals surface area contributed by atoms with Gasteiger partial charge in [-0.3, -0.25) is 4.79 Å². The first-order valence-electron chi connectivity index (χ1n) is 39.9. The van der Waals surface area contributed by atoms with Crippen molar-refractivity contribution < 1.29 is 64.6 Å². The van der Waals surface area contributed by atoms with Crippen molar-refractivity contribution >= 4 is 5.91 Å². The third-order valence-electron chi connectivity index (χ3n) is 19.5. The van der Waals surface area contributed by atoms with Crippen molar-refractivity contribution in [1.82, 2.24) is 5.32 Å². The molecular weight excluding hydrogens is 1180 g/mol. The molecule has 2 aliphatic rings. The van der Waals surface area contributed by atoms with Crippen LogP contribution in [-0.2, 0) is 23.7 Å². The SMILES string of the molecule is CCCCCCCCCC/C=C\CCCCCCCCCCCCCCCCCCCC(=O)NC(COC1OC(CO)C(OC2OC(CO)C(O)C(O)C2O)C(O)C1O)C(O)/C=C/CC/C=C/CC/C=C/CCCCCCCCCCCCCCCCCCCCCCC. The molecule has 0 bridgehead atoms. The Labute approximate surface area is 575 Å². The lowest BCUT2D eigenvalue weighted by Gasteiger charge is -2.46. The fourth-order valence-corrected chi connectivity index (χ4v) is 13.1. The number of amides is 1. The first kappa shape index (κ1) is 88.0. The monoisotopic (exact) mass is 1330 g/mol. The number of nitrogens with one attached hydrogen (secondary N) is 1. The van der Waals surface area contributed by atoms with E-state index in [-0.39, 0.29) is 18.9 Å². The average molecular weight is 1330 g/mol. The third-order valence-corrected chi connectivity index (χ3v) is 19.5. The lowest BCUT2D eigenvalue weighted by Crippen LogP contribution is -2.65. The van der Waals surface area contributed by atoms with Gasteiger partial charge in [0, 0.05) is 6.42 Å². The van der Waals surface area contributed by atoms with Gasteiger partial charge in [-0.15, -0.1) is 0 Å². The zero-order valence-corrected chi connectivity index (χ0v) is 60.5. The first-order chi connectivity index (χ1) is 46.1. The minimum atomic E-state index is -1.79. The van der Waals surface area contributed by atoms with E-state index in [4.69, 9.17) is 18.9 Å². The van der Waals surface area contributed by atoms with Gasteiger partial charge in [-0.05, 0) is 70.6 Å². The summed E-state index contributed by atoms with van der Waals surface area (Å²) >= 11 is 0. The standard InChI is InChI=1S/C80H149NO13/c1-3-5-7-9-11-13-15-17-19-21-23-25-27-29-31-33-34-36-37-39-41-43-45-47-49-51-53-55-57-59-61-63-69(84)68(67-91-79-77(90)75(88)78(71(66-83)93-79)94-80-76(89)74(87)73(86)70(65-82)92-80)81-72(85)64-62-60-58-56-54-52-50-48-46-44-42-40-38-35-32-30-28-26-24-22-20-18-16-14-12-10-8-6-4-2/h22,24,45,47,53,55,61,63,68-71,73-80,82-84,86-90H,3-21,23,25-44,46,48-52,54,56-60,62,64-67H2,1-2H3,(H,81,85)/b24-22-,47-45+,55-53+,63-61+. The van der Waals surface area contributed by atoms with Crippen molar-refractivity contribution in [3.05, 3.63) is 48.6 Å². The molecule has 2 saturated heterocycles. The second-order valence-corrected chi connectivity index (χ2v) is 28.2. The summed E-state index contributed by atoms with van der Waals surface area (Å²) in [4.78, 5) is 13.4. The third kappa shape index (κ3) is 47.1. The molecular formula is C80H149NO13. The number of ether oxygens (including phenoxy) is 4. The van der Waals surface area contributed by atoms with Gasteiger partial charge in [-0.2, -0.15) is 0 Å². The Balaban J connectivity index is 1.65. The van der Waals surface area contributed by atoms with Gasteiger partial charge >= 0.3 is 0 Å². The Morgan fingerprint density at radius 2 is 0.681 bits per heavy atom. The molecule has 2 rings (SSSR count). The molecule has 0 saturated carbocycles. The molecule has 0 aromatic carbocycles. The average Bonchev–Trinajstić information content (AvgIpc) is 0.794. The largest absolute Gasteiger partial charge is 0.394 e. The number of allylic oxidation sites excluding steroid dienone is 7. The molecule has 0 spiro atoms. The van der Waals surface area contributed by atoms with Gasteiger partial charge in [-0.25, -0.2) is 0 Å². The molecule has 0 aromatic rings. The van der Waals surface area contributed by atoms with E-state index < -0.39 is 86.8 Å². The van der Waals surface area contributed by atoms with Crippen molar-refractivity contribution in [3.8, 4) is 0 Å². The van der Waals surface area contributed by atoms with E-state index in [1.165, 1.54) is 283 Å². The fourth-order valence-electron chi connectivity index (χ4n) is 13.1. The van der Waals surface area contributed by atoms with E-state index in [9.17, 15) is 45.6 Å². The highest BCUT2D eigenvalue weighted by Crippen LogP contribution is 2.30. The van der Waals surface area contributed by atoms with E-state index in [1.54, 1.807) is 6.08 Å². The summed E-state index contributed by atoms with van der Waals surface area (Å²) in [5, 5.41) is 87.6. The van der Waals surface area contributed by atoms with Crippen molar-refractivity contribution in [2.75, 3.05) is 19.8 Å². The van der Waals surface area contributed by atoms with Crippen LogP contribution in [0.15, 0.2) is 48.6 Å². The quantitative estimate of drug-likeness (QED) is 0.0204. The molecule has 2 heterocycles. The van der Waals surface area contributed by atoms with Crippen LogP contribution in [0.5, 0.6) is 0 Å². The Morgan fingerprint density at radius 3 is 1.04 bits per heavy atom. The number of carbonyl (C=O) groups is 1. The second-order valence-electron chi connectivity index (χ2n) is 28.2. The number of rotatable bonds is 67. The van der Waals surface area contributed by atoms with E-state index in [1.807, 2.05) is 6.08 Å². The smallest absolute Gasteiger partial charge is 0.220 e. The molecule has 14 heteroatoms. The molecule has 1 amide bonds. The lowest BCUT2D eigenvalue weighted by molar-refractivity contribution is -0.359. The number of aliphatic hydroxyl groups excluding tert-OH is 8. The van der Waals surface area contributed by atoms with Crippen molar-refractivity contribution in [3.63, 3.8) is 0 Å². The van der Waals surface area contributed by atoms with Crippen LogP contribution in [0.25, 0.3) is 0 Å². The van der Waals surface area contributed by atoms with Crippen LogP contribution in [0.2, 0.25) is 0 Å². The summed E-state index contributed by atoms with van der Waals surface area (Å²) < 4.78 is 22.9. The summed E-state index contributed by atoms with van der Waals surface area (Å²) in [5.74, 6) is -0.247. The lowest BCUT2D eigenvalue weighted by atomic mass is 9.97. The molecule has 2 fully saturated rings. The highest BCUT2D eigenvalue weighted by Gasteiger charge is 2.51. The number of hydrogen-bond acceptors (Lipinski definition) is 13. The fraction of sp³-hybridized carbons (Fsp3) is 0.887. The van der Waals surface area contributed by atoms with Gasteiger partial charge in [0.25, 0.3) is 0 Å². The van der Waals surface area contributed by atoms with Crippen molar-refractivity contribution in [1.29, 1.82) is 0 Å². The normalized spacial score (nSPS) is 22.7. The molecule has 9 N–H and O–H groups in total. The molecule has 0 aromatic heterocycles. The predicted octanol–water partition coefficient (Wildman–Crippen LogP) is 17.8. The van der Waals surface area contributed by atoms with Crippen molar-refractivity contribution in [2.45, 2.75) is 434 Å². The molecule has 12 atom stereocenters. The summed E-state index contributed by atoms with van der Waals surface area (Å²) in [6.07, 6.45) is 69.1. The summed E-state index contributed by atoms with van der Waals surface area (Å²) in [6.45, 7) is 2.83. The van der Waals surface area contributed by atoms with Gasteiger partial charge in [-0.1, -0.05) is 332 Å². The topological polar surface area (TPSA) is 228 Å². The van der Waals surface area contributed by atoms with Gasteiger partial charge in [0.2, 0.25) is 5.91 Å². The predicted molar refractivity (Wildman–Crippen MR) is 388 cm³/mol. The van der Waals surface area contributed by atoms with Crippen LogP contribution in [0.3, 0.4) is 0 Å². The van der Waals surface area contributed by atoms with Gasteiger partial charge < -0.3 is 65.1 Å². The van der Waals surface area contributed by atoms with E-state index in [0.29, 0.717) is 12.8 Å². The first-order valence-corrected chi connectivity index (χ1v) is 39.9. The van der Waals surface area contributed by atoms with Crippen LogP contribution in [0.4, 0.5) is 0 Å². The molecule has 12 unspecified atom stereocenters. The minimum Gasteiger partial charge on any atom is -0.394 e. The molecule has 14 nitrogen and oxygen atoms in total. The van der Waals surface area contributed by atoms with Crippen LogP contribution in [-0.4, -0.2) is 140 Å². The van der Waals surface area contributed by atoms with E-state index in [2.05, 4.69) is 55.6 Å². The molecule has 552 valence electrons. The molecule has 2 aliphatic heterocycles. The van der Waals surface area contributed by atoms with Gasteiger partial charge in [0.15, 0.2) is 12.6 Å². The highest BCUT2D eigenvalue weighted by molar-refractivity contribution is 5.76. The van der Waals surface area contributed by atoms with Crippen LogP contribution >= 0.6 is 0 Å². The zero-order chi connectivity index (χ0) is 68.0. The maximum Gasteiger partial charge on any atom is 0.220 e. The van der Waals surface area contributed by atoms with Gasteiger partial charge in [0.05, 0.1) is 32.0 Å².